The van der Waals surface area contributed by atoms with Crippen LogP contribution in [0.25, 0.3) is 0 Å². The summed E-state index contributed by atoms with van der Waals surface area (Å²) in [4.78, 5) is 22.5. The monoisotopic (exact) mass is 303 g/mol. The zero-order valence-electron chi connectivity index (χ0n) is 11.8. The van der Waals surface area contributed by atoms with E-state index in [0.29, 0.717) is 5.56 Å². The highest BCUT2D eigenvalue weighted by Crippen LogP contribution is 2.20. The van der Waals surface area contributed by atoms with Crippen LogP contribution in [0.1, 0.15) is 21.5 Å². The summed E-state index contributed by atoms with van der Waals surface area (Å²) in [6, 6.07) is 11.2. The highest BCUT2D eigenvalue weighted by Gasteiger charge is 2.14. The van der Waals surface area contributed by atoms with Crippen molar-refractivity contribution in [2.24, 2.45) is 0 Å². The van der Waals surface area contributed by atoms with Crippen LogP contribution in [0.4, 0.5) is 14.9 Å². The molecule has 0 atom stereocenters. The van der Waals surface area contributed by atoms with Crippen LogP contribution < -0.4 is 5.32 Å². The fraction of sp³-hybridized carbons (Fsp3) is 0.125. The first-order valence-electron chi connectivity index (χ1n) is 6.48. The number of carbonyl (C=O) groups excluding carboxylic acids is 1. The van der Waals surface area contributed by atoms with Crippen molar-refractivity contribution in [3.63, 3.8) is 0 Å². The normalized spacial score (nSPS) is 10.1. The number of halogens is 1. The van der Waals surface area contributed by atoms with Gasteiger partial charge in [-0.25, -0.2) is 14.0 Å². The van der Waals surface area contributed by atoms with E-state index in [1.54, 1.807) is 19.1 Å². The van der Waals surface area contributed by atoms with Gasteiger partial charge in [-0.1, -0.05) is 30.3 Å². The average molecular weight is 303 g/mol. The molecular formula is C16H14FNO4. The maximum Gasteiger partial charge on any atom is 0.411 e. The van der Waals surface area contributed by atoms with E-state index in [4.69, 9.17) is 9.84 Å². The second-order valence-corrected chi connectivity index (χ2v) is 4.64. The van der Waals surface area contributed by atoms with Crippen molar-refractivity contribution in [2.75, 3.05) is 5.32 Å². The number of amides is 1. The summed E-state index contributed by atoms with van der Waals surface area (Å²) in [5, 5.41) is 11.2. The summed E-state index contributed by atoms with van der Waals surface area (Å²) in [5.41, 5.74) is 0.971. The van der Waals surface area contributed by atoms with E-state index >= 15 is 0 Å². The Morgan fingerprint density at radius 2 is 1.91 bits per heavy atom. The van der Waals surface area contributed by atoms with Crippen LogP contribution >= 0.6 is 0 Å². The Morgan fingerprint density at radius 3 is 2.55 bits per heavy atom. The van der Waals surface area contributed by atoms with Crippen LogP contribution in [0.5, 0.6) is 0 Å². The zero-order valence-corrected chi connectivity index (χ0v) is 11.8. The maximum absolute atomic E-state index is 13.6. The molecule has 2 rings (SSSR count). The molecule has 0 aliphatic rings. The molecule has 22 heavy (non-hydrogen) atoms. The Hall–Kier alpha value is -2.89. The number of carboxylic acids is 1. The number of carboxylic acid groups (broad SMARTS) is 1. The lowest BCUT2D eigenvalue weighted by Crippen LogP contribution is -2.15. The van der Waals surface area contributed by atoms with Gasteiger partial charge in [0.15, 0.2) is 0 Å². The molecule has 1 amide bonds. The van der Waals surface area contributed by atoms with Crippen LogP contribution in [0.2, 0.25) is 0 Å². The van der Waals surface area contributed by atoms with Crippen molar-refractivity contribution in [3.05, 3.63) is 65.0 Å². The molecule has 2 aromatic rings. The lowest BCUT2D eigenvalue weighted by Gasteiger charge is -2.10. The maximum atomic E-state index is 13.6. The first kappa shape index (κ1) is 15.5. The minimum atomic E-state index is -1.36. The lowest BCUT2D eigenvalue weighted by atomic mass is 10.1. The Balaban J connectivity index is 2.02. The second kappa shape index (κ2) is 6.71. The number of ether oxygens (including phenoxy) is 1. The molecule has 0 heterocycles. The Morgan fingerprint density at radius 1 is 1.23 bits per heavy atom. The molecule has 2 aromatic carbocycles. The van der Waals surface area contributed by atoms with Gasteiger partial charge in [-0.05, 0) is 30.2 Å². The van der Waals surface area contributed by atoms with Gasteiger partial charge in [0.2, 0.25) is 0 Å². The Kier molecular flexibility index (Phi) is 4.73. The van der Waals surface area contributed by atoms with Crippen LogP contribution in [0.15, 0.2) is 42.5 Å². The quantitative estimate of drug-likeness (QED) is 0.905. The van der Waals surface area contributed by atoms with Crippen molar-refractivity contribution in [1.29, 1.82) is 0 Å². The van der Waals surface area contributed by atoms with Gasteiger partial charge in [-0.3, -0.25) is 5.32 Å². The minimum Gasteiger partial charge on any atom is -0.478 e. The molecule has 5 nitrogen and oxygen atoms in total. The lowest BCUT2D eigenvalue weighted by molar-refractivity contribution is 0.0692. The summed E-state index contributed by atoms with van der Waals surface area (Å²) in [6.45, 7) is 1.65. The Bertz CT molecular complexity index is 701. The van der Waals surface area contributed by atoms with E-state index < -0.39 is 23.4 Å². The largest absolute Gasteiger partial charge is 0.478 e. The third-order valence-corrected chi connectivity index (χ3v) is 2.99. The molecule has 2 N–H and O–H groups in total. The van der Waals surface area contributed by atoms with Gasteiger partial charge >= 0.3 is 12.1 Å². The molecule has 6 heteroatoms. The number of nitrogens with one attached hydrogen (secondary N) is 1. The number of aromatic carboxylic acids is 1. The molecule has 114 valence electrons. The Labute approximate surface area is 126 Å². The number of aryl methyl sites for hydroxylation is 1. The van der Waals surface area contributed by atoms with Crippen LogP contribution in [-0.2, 0) is 11.3 Å². The molecule has 0 saturated carbocycles. The highest BCUT2D eigenvalue weighted by atomic mass is 19.1. The molecule has 0 radical (unpaired) electrons. The summed E-state index contributed by atoms with van der Waals surface area (Å²) >= 11 is 0. The topological polar surface area (TPSA) is 75.6 Å². The molecule has 0 saturated heterocycles. The molecule has 0 aromatic heterocycles. The van der Waals surface area contributed by atoms with Crippen molar-refractivity contribution in [2.45, 2.75) is 13.5 Å². The van der Waals surface area contributed by atoms with E-state index in [9.17, 15) is 14.0 Å². The standard InChI is InChI=1S/C16H14FNO4/c1-10-7-12(15(19)20)13(17)8-14(10)18-16(21)22-9-11-5-3-2-4-6-11/h2-8H,9H2,1H3,(H,18,21)(H,19,20). The van der Waals surface area contributed by atoms with E-state index in [1.165, 1.54) is 0 Å². The second-order valence-electron chi connectivity index (χ2n) is 4.64. The first-order chi connectivity index (χ1) is 10.5. The summed E-state index contributed by atoms with van der Waals surface area (Å²) in [5.74, 6) is -2.28. The van der Waals surface area contributed by atoms with Crippen LogP contribution in [0, 0.1) is 12.7 Å². The number of carbonyl (C=O) groups is 2. The molecular weight excluding hydrogens is 289 g/mol. The van der Waals surface area contributed by atoms with Gasteiger partial charge in [0.05, 0.1) is 5.56 Å². The molecule has 0 fully saturated rings. The van der Waals surface area contributed by atoms with Gasteiger partial charge in [0.25, 0.3) is 0 Å². The van der Waals surface area contributed by atoms with Crippen LogP contribution in [-0.4, -0.2) is 17.2 Å². The third kappa shape index (κ3) is 3.82. The number of rotatable bonds is 4. The van der Waals surface area contributed by atoms with Crippen molar-refractivity contribution in [1.82, 2.24) is 0 Å². The molecule has 0 unspecified atom stereocenters. The number of hydrogen-bond acceptors (Lipinski definition) is 3. The predicted molar refractivity (Wildman–Crippen MR) is 78.3 cm³/mol. The molecule has 0 bridgehead atoms. The summed E-state index contributed by atoms with van der Waals surface area (Å²) in [7, 11) is 0. The van der Waals surface area contributed by atoms with Gasteiger partial charge < -0.3 is 9.84 Å². The molecule has 0 spiro atoms. The predicted octanol–water partition coefficient (Wildman–Crippen LogP) is 3.58. The molecule has 0 aliphatic carbocycles. The number of anilines is 1. The van der Waals surface area contributed by atoms with E-state index in [-0.39, 0.29) is 12.3 Å². The van der Waals surface area contributed by atoms with E-state index in [2.05, 4.69) is 5.32 Å². The van der Waals surface area contributed by atoms with Gasteiger partial charge in [0, 0.05) is 5.69 Å². The van der Waals surface area contributed by atoms with Crippen molar-refractivity contribution in [3.8, 4) is 0 Å². The van der Waals surface area contributed by atoms with Gasteiger partial charge in [-0.15, -0.1) is 0 Å². The minimum absolute atomic E-state index is 0.0847. The summed E-state index contributed by atoms with van der Waals surface area (Å²) in [6.07, 6.45) is -0.741. The van der Waals surface area contributed by atoms with Crippen LogP contribution in [0.3, 0.4) is 0 Å². The van der Waals surface area contributed by atoms with Gasteiger partial charge in [-0.2, -0.15) is 0 Å². The third-order valence-electron chi connectivity index (χ3n) is 2.99. The molecule has 0 aliphatic heterocycles. The number of hydrogen-bond donors (Lipinski definition) is 2. The fourth-order valence-corrected chi connectivity index (χ4v) is 1.85. The smallest absolute Gasteiger partial charge is 0.411 e. The van der Waals surface area contributed by atoms with Crippen molar-refractivity contribution >= 4 is 17.7 Å². The van der Waals surface area contributed by atoms with E-state index in [0.717, 1.165) is 17.7 Å². The SMILES string of the molecule is Cc1cc(C(=O)O)c(F)cc1NC(=O)OCc1ccccc1. The van der Waals surface area contributed by atoms with E-state index in [1.807, 2.05) is 18.2 Å². The number of benzene rings is 2. The fourth-order valence-electron chi connectivity index (χ4n) is 1.85. The van der Waals surface area contributed by atoms with Gasteiger partial charge in [0.1, 0.15) is 12.4 Å². The highest BCUT2D eigenvalue weighted by molar-refractivity contribution is 5.91. The average Bonchev–Trinajstić information content (AvgIpc) is 2.49. The zero-order chi connectivity index (χ0) is 16.1. The summed E-state index contributed by atoms with van der Waals surface area (Å²) < 4.78 is 18.6. The first-order valence-corrected chi connectivity index (χ1v) is 6.48. The van der Waals surface area contributed by atoms with Crippen molar-refractivity contribution < 1.29 is 23.8 Å².